The molecule has 2 rings (SSSR count). The quantitative estimate of drug-likeness (QED) is 0.667. The maximum atomic E-state index is 5.65. The van der Waals surface area contributed by atoms with E-state index in [9.17, 15) is 0 Å². The monoisotopic (exact) mass is 266 g/mol. The van der Waals surface area contributed by atoms with Crippen molar-refractivity contribution < 1.29 is 4.74 Å². The Morgan fingerprint density at radius 3 is 3.06 bits per heavy atom. The molecule has 0 saturated carbocycles. The summed E-state index contributed by atoms with van der Waals surface area (Å²) in [7, 11) is 0. The molecule has 1 aromatic carbocycles. The van der Waals surface area contributed by atoms with Gasteiger partial charge in [-0.3, -0.25) is 0 Å². The van der Waals surface area contributed by atoms with E-state index >= 15 is 0 Å². The number of hydrogen-bond acceptors (Lipinski definition) is 5. The summed E-state index contributed by atoms with van der Waals surface area (Å²) in [6, 6.07) is 8.07. The highest BCUT2D eigenvalue weighted by Crippen LogP contribution is 2.26. The van der Waals surface area contributed by atoms with Gasteiger partial charge in [0.1, 0.15) is 5.75 Å². The largest absolute Gasteiger partial charge is 0.493 e. The van der Waals surface area contributed by atoms with Gasteiger partial charge in [0.05, 0.1) is 17.0 Å². The molecule has 0 saturated heterocycles. The van der Waals surface area contributed by atoms with Crippen molar-refractivity contribution in [1.29, 1.82) is 0 Å². The van der Waals surface area contributed by atoms with Crippen LogP contribution in [0.25, 0.3) is 0 Å². The molecule has 0 aliphatic heterocycles. The highest BCUT2D eigenvalue weighted by Gasteiger charge is 1.99. The van der Waals surface area contributed by atoms with E-state index in [-0.39, 0.29) is 0 Å². The molecule has 17 heavy (non-hydrogen) atoms. The first-order valence-electron chi connectivity index (χ1n) is 5.27. The first-order chi connectivity index (χ1) is 8.24. The lowest BCUT2D eigenvalue weighted by molar-refractivity contribution is 0.344. The van der Waals surface area contributed by atoms with Crippen molar-refractivity contribution in [3.63, 3.8) is 0 Å². The first kappa shape index (κ1) is 12.3. The molecule has 0 unspecified atom stereocenters. The third-order valence-electron chi connectivity index (χ3n) is 2.09. The molecular formula is C12H14N2OS2. The lowest BCUT2D eigenvalue weighted by atomic mass is 10.2. The Morgan fingerprint density at radius 2 is 2.35 bits per heavy atom. The number of thiazole rings is 1. The van der Waals surface area contributed by atoms with Crippen molar-refractivity contribution in [3.8, 4) is 5.75 Å². The molecule has 3 nitrogen and oxygen atoms in total. The van der Waals surface area contributed by atoms with E-state index in [0.29, 0.717) is 11.7 Å². The number of ether oxygens (including phenoxy) is 1. The minimum absolute atomic E-state index is 0.618. The minimum Gasteiger partial charge on any atom is -0.493 e. The summed E-state index contributed by atoms with van der Waals surface area (Å²) in [4.78, 5) is 4.00. The fraction of sp³-hybridized carbons (Fsp3) is 0.250. The lowest BCUT2D eigenvalue weighted by Gasteiger charge is -2.05. The summed E-state index contributed by atoms with van der Waals surface area (Å²) in [5.74, 6) is 1.82. The van der Waals surface area contributed by atoms with Gasteiger partial charge in [-0.1, -0.05) is 23.5 Å². The number of hydrogen-bond donors (Lipinski definition) is 1. The first-order valence-corrected chi connectivity index (χ1v) is 7.08. The van der Waals surface area contributed by atoms with Gasteiger partial charge in [0.15, 0.2) is 5.13 Å². The number of nitrogen functional groups attached to an aromatic ring is 1. The normalized spacial score (nSPS) is 10.4. The Kier molecular flexibility index (Phi) is 4.28. The predicted octanol–water partition coefficient (Wildman–Crippen LogP) is 3.20. The summed E-state index contributed by atoms with van der Waals surface area (Å²) >= 11 is 3.23. The average molecular weight is 266 g/mol. The van der Waals surface area contributed by atoms with Gasteiger partial charge >= 0.3 is 0 Å². The van der Waals surface area contributed by atoms with Gasteiger partial charge in [0.25, 0.3) is 0 Å². The second-order valence-electron chi connectivity index (χ2n) is 3.53. The molecule has 0 atom stereocenters. The molecule has 2 aromatic rings. The van der Waals surface area contributed by atoms with E-state index in [1.807, 2.05) is 18.2 Å². The second-order valence-corrected chi connectivity index (χ2v) is 5.99. The summed E-state index contributed by atoms with van der Waals surface area (Å²) in [5.41, 5.74) is 6.77. The number of nitrogens with two attached hydrogens (primary N) is 1. The third kappa shape index (κ3) is 3.94. The number of thioether (sulfide) groups is 1. The van der Waals surface area contributed by atoms with Crippen LogP contribution in [0.2, 0.25) is 0 Å². The number of rotatable bonds is 5. The maximum Gasteiger partial charge on any atom is 0.181 e. The van der Waals surface area contributed by atoms with Crippen LogP contribution in [-0.2, 0) is 0 Å². The number of nitrogens with zero attached hydrogens (tertiary/aromatic N) is 1. The SMILES string of the molecule is Cc1cccc(OCCSc2cnc(N)s2)c1. The van der Waals surface area contributed by atoms with Crippen LogP contribution >= 0.6 is 23.1 Å². The van der Waals surface area contributed by atoms with E-state index in [0.717, 1.165) is 15.7 Å². The van der Waals surface area contributed by atoms with Crippen molar-refractivity contribution >= 4 is 28.2 Å². The number of aromatic nitrogens is 1. The van der Waals surface area contributed by atoms with Crippen molar-refractivity contribution in [3.05, 3.63) is 36.0 Å². The standard InChI is InChI=1S/C12H14N2OS2/c1-9-3-2-4-10(7-9)15-5-6-16-11-8-14-12(13)17-11/h2-4,7-8H,5-6H2,1H3,(H2,13,14). The number of anilines is 1. The highest BCUT2D eigenvalue weighted by molar-refractivity contribution is 8.01. The third-order valence-corrected chi connectivity index (χ3v) is 4.07. The highest BCUT2D eigenvalue weighted by atomic mass is 32.2. The smallest absolute Gasteiger partial charge is 0.181 e. The van der Waals surface area contributed by atoms with Crippen molar-refractivity contribution in [2.45, 2.75) is 11.1 Å². The second kappa shape index (κ2) is 5.93. The fourth-order valence-electron chi connectivity index (χ4n) is 1.35. The summed E-state index contributed by atoms with van der Waals surface area (Å²) in [6.45, 7) is 2.74. The van der Waals surface area contributed by atoms with Crippen LogP contribution in [0.5, 0.6) is 5.75 Å². The Labute approximate surface area is 109 Å². The molecule has 0 aliphatic carbocycles. The number of benzene rings is 1. The molecule has 90 valence electrons. The molecule has 0 spiro atoms. The van der Waals surface area contributed by atoms with Crippen LogP contribution < -0.4 is 10.5 Å². The van der Waals surface area contributed by atoms with Crippen molar-refractivity contribution in [2.75, 3.05) is 18.1 Å². The molecule has 1 heterocycles. The summed E-state index contributed by atoms with van der Waals surface area (Å²) in [6.07, 6.45) is 1.80. The molecular weight excluding hydrogens is 252 g/mol. The molecule has 0 radical (unpaired) electrons. The van der Waals surface area contributed by atoms with Gasteiger partial charge < -0.3 is 10.5 Å². The molecule has 0 amide bonds. The van der Waals surface area contributed by atoms with Crippen LogP contribution in [-0.4, -0.2) is 17.3 Å². The Hall–Kier alpha value is -1.20. The zero-order valence-corrected chi connectivity index (χ0v) is 11.2. The van der Waals surface area contributed by atoms with Crippen LogP contribution in [0.4, 0.5) is 5.13 Å². The lowest BCUT2D eigenvalue weighted by Crippen LogP contribution is -1.99. The van der Waals surface area contributed by atoms with E-state index in [1.54, 1.807) is 18.0 Å². The summed E-state index contributed by atoms with van der Waals surface area (Å²) < 4.78 is 6.78. The Bertz CT molecular complexity index is 485. The topological polar surface area (TPSA) is 48.1 Å². The number of aryl methyl sites for hydroxylation is 1. The average Bonchev–Trinajstić information content (AvgIpc) is 2.71. The van der Waals surface area contributed by atoms with Gasteiger partial charge in [-0.2, -0.15) is 0 Å². The van der Waals surface area contributed by atoms with Crippen LogP contribution in [0.3, 0.4) is 0 Å². The van der Waals surface area contributed by atoms with Gasteiger partial charge in [-0.05, 0) is 24.6 Å². The molecule has 5 heteroatoms. The van der Waals surface area contributed by atoms with E-state index in [4.69, 9.17) is 10.5 Å². The van der Waals surface area contributed by atoms with Gasteiger partial charge in [0.2, 0.25) is 0 Å². The van der Waals surface area contributed by atoms with Crippen LogP contribution in [0.1, 0.15) is 5.56 Å². The molecule has 2 N–H and O–H groups in total. The van der Waals surface area contributed by atoms with Gasteiger partial charge in [-0.25, -0.2) is 4.98 Å². The minimum atomic E-state index is 0.618. The van der Waals surface area contributed by atoms with Crippen LogP contribution in [0.15, 0.2) is 34.7 Å². The molecule has 0 bridgehead atoms. The molecule has 0 aliphatic rings. The van der Waals surface area contributed by atoms with Crippen molar-refractivity contribution in [1.82, 2.24) is 4.98 Å². The zero-order chi connectivity index (χ0) is 12.1. The van der Waals surface area contributed by atoms with Gasteiger partial charge in [-0.15, -0.1) is 11.8 Å². The molecule has 1 aromatic heterocycles. The Balaban J connectivity index is 1.73. The molecule has 0 fully saturated rings. The maximum absolute atomic E-state index is 5.65. The Morgan fingerprint density at radius 1 is 1.47 bits per heavy atom. The fourth-order valence-corrected chi connectivity index (χ4v) is 3.00. The van der Waals surface area contributed by atoms with E-state index in [2.05, 4.69) is 18.0 Å². The van der Waals surface area contributed by atoms with Crippen molar-refractivity contribution in [2.24, 2.45) is 0 Å². The van der Waals surface area contributed by atoms with Crippen LogP contribution in [0, 0.1) is 6.92 Å². The van der Waals surface area contributed by atoms with E-state index < -0.39 is 0 Å². The van der Waals surface area contributed by atoms with E-state index in [1.165, 1.54) is 16.9 Å². The predicted molar refractivity (Wildman–Crippen MR) is 73.9 cm³/mol. The summed E-state index contributed by atoms with van der Waals surface area (Å²) in [5, 5.41) is 0.618. The zero-order valence-electron chi connectivity index (χ0n) is 9.55. The van der Waals surface area contributed by atoms with Gasteiger partial charge in [0, 0.05) is 5.75 Å².